The van der Waals surface area contributed by atoms with Gasteiger partial charge in [0.05, 0.1) is 17.6 Å². The SMILES string of the molecule is Nc1ccc(OCCn2c(C3CCC3)nc3ccccc32)cc1. The second kappa shape index (κ2) is 5.95. The summed E-state index contributed by atoms with van der Waals surface area (Å²) in [6.45, 7) is 1.45. The zero-order valence-corrected chi connectivity index (χ0v) is 13.1. The van der Waals surface area contributed by atoms with Crippen molar-refractivity contribution in [1.29, 1.82) is 0 Å². The van der Waals surface area contributed by atoms with Gasteiger partial charge in [-0.05, 0) is 49.2 Å². The minimum Gasteiger partial charge on any atom is -0.492 e. The van der Waals surface area contributed by atoms with Crippen LogP contribution in [0.2, 0.25) is 0 Å². The van der Waals surface area contributed by atoms with Gasteiger partial charge < -0.3 is 15.0 Å². The Morgan fingerprint density at radius 2 is 1.87 bits per heavy atom. The lowest BCUT2D eigenvalue weighted by Crippen LogP contribution is -2.18. The third-order valence-corrected chi connectivity index (χ3v) is 4.62. The second-order valence-electron chi connectivity index (χ2n) is 6.16. The number of ether oxygens (including phenoxy) is 1. The Balaban J connectivity index is 1.54. The van der Waals surface area contributed by atoms with Crippen molar-refractivity contribution in [2.75, 3.05) is 12.3 Å². The van der Waals surface area contributed by atoms with Gasteiger partial charge in [0, 0.05) is 11.6 Å². The van der Waals surface area contributed by atoms with Crippen LogP contribution in [0.25, 0.3) is 11.0 Å². The van der Waals surface area contributed by atoms with E-state index < -0.39 is 0 Å². The fourth-order valence-electron chi connectivity index (χ4n) is 3.13. The molecule has 4 heteroatoms. The number of benzene rings is 2. The first kappa shape index (κ1) is 14.1. The van der Waals surface area contributed by atoms with Crippen molar-refractivity contribution in [2.45, 2.75) is 31.7 Å². The fraction of sp³-hybridized carbons (Fsp3) is 0.316. The van der Waals surface area contributed by atoms with E-state index in [9.17, 15) is 0 Å². The van der Waals surface area contributed by atoms with E-state index in [1.165, 1.54) is 30.6 Å². The number of imidazole rings is 1. The van der Waals surface area contributed by atoms with E-state index in [-0.39, 0.29) is 0 Å². The molecular formula is C19H21N3O. The number of fused-ring (bicyclic) bond motifs is 1. The van der Waals surface area contributed by atoms with Crippen LogP contribution in [0.3, 0.4) is 0 Å². The highest BCUT2D eigenvalue weighted by Crippen LogP contribution is 2.37. The lowest BCUT2D eigenvalue weighted by molar-refractivity contribution is 0.292. The predicted molar refractivity (Wildman–Crippen MR) is 92.7 cm³/mol. The molecule has 3 aromatic rings. The zero-order chi connectivity index (χ0) is 15.6. The standard InChI is InChI=1S/C19H21N3O/c20-15-8-10-16(11-9-15)23-13-12-22-18-7-2-1-6-17(18)21-19(22)14-4-3-5-14/h1-2,6-11,14H,3-5,12-13,20H2. The number of nitrogens with two attached hydrogens (primary N) is 1. The van der Waals surface area contributed by atoms with Crippen LogP contribution in [0.15, 0.2) is 48.5 Å². The molecular weight excluding hydrogens is 286 g/mol. The summed E-state index contributed by atoms with van der Waals surface area (Å²) in [4.78, 5) is 4.86. The van der Waals surface area contributed by atoms with E-state index in [0.717, 1.165) is 23.5 Å². The Labute approximate surface area is 135 Å². The maximum Gasteiger partial charge on any atom is 0.119 e. The minimum atomic E-state index is 0.610. The van der Waals surface area contributed by atoms with Crippen LogP contribution >= 0.6 is 0 Å². The summed E-state index contributed by atoms with van der Waals surface area (Å²) in [5.74, 6) is 2.69. The third-order valence-electron chi connectivity index (χ3n) is 4.62. The summed E-state index contributed by atoms with van der Waals surface area (Å²) < 4.78 is 8.20. The Bertz CT molecular complexity index is 803. The first-order chi connectivity index (χ1) is 11.3. The van der Waals surface area contributed by atoms with Crippen molar-refractivity contribution < 1.29 is 4.74 Å². The molecule has 4 nitrogen and oxygen atoms in total. The number of anilines is 1. The molecule has 0 atom stereocenters. The summed E-state index contributed by atoms with van der Waals surface area (Å²) in [6, 6.07) is 15.9. The first-order valence-electron chi connectivity index (χ1n) is 8.25. The molecule has 1 aliphatic rings. The summed E-state index contributed by atoms with van der Waals surface area (Å²) in [7, 11) is 0. The summed E-state index contributed by atoms with van der Waals surface area (Å²) in [5.41, 5.74) is 8.75. The highest BCUT2D eigenvalue weighted by atomic mass is 16.5. The van der Waals surface area contributed by atoms with Crippen molar-refractivity contribution in [3.8, 4) is 5.75 Å². The van der Waals surface area contributed by atoms with Crippen molar-refractivity contribution >= 4 is 16.7 Å². The topological polar surface area (TPSA) is 53.1 Å². The van der Waals surface area contributed by atoms with Crippen LogP contribution in [0.5, 0.6) is 5.75 Å². The molecule has 118 valence electrons. The van der Waals surface area contributed by atoms with Crippen LogP contribution in [-0.2, 0) is 6.54 Å². The smallest absolute Gasteiger partial charge is 0.119 e. The zero-order valence-electron chi connectivity index (χ0n) is 13.1. The van der Waals surface area contributed by atoms with Gasteiger partial charge in [-0.15, -0.1) is 0 Å². The number of aromatic nitrogens is 2. The van der Waals surface area contributed by atoms with Crippen LogP contribution in [0.4, 0.5) is 5.69 Å². The Morgan fingerprint density at radius 3 is 2.61 bits per heavy atom. The van der Waals surface area contributed by atoms with Gasteiger partial charge in [-0.2, -0.15) is 0 Å². The molecule has 2 N–H and O–H groups in total. The quantitative estimate of drug-likeness (QED) is 0.726. The highest BCUT2D eigenvalue weighted by Gasteiger charge is 2.25. The van der Waals surface area contributed by atoms with E-state index in [4.69, 9.17) is 15.5 Å². The summed E-state index contributed by atoms with van der Waals surface area (Å²) >= 11 is 0. The van der Waals surface area contributed by atoms with Crippen LogP contribution < -0.4 is 10.5 Å². The van der Waals surface area contributed by atoms with Gasteiger partial charge in [-0.3, -0.25) is 0 Å². The van der Waals surface area contributed by atoms with Gasteiger partial charge in [-0.1, -0.05) is 18.6 Å². The normalized spacial score (nSPS) is 14.8. The van der Waals surface area contributed by atoms with E-state index in [1.807, 2.05) is 24.3 Å². The third kappa shape index (κ3) is 2.77. The number of nitrogen functional groups attached to an aromatic ring is 1. The molecule has 1 saturated carbocycles. The van der Waals surface area contributed by atoms with E-state index in [2.05, 4.69) is 28.8 Å². The molecule has 4 rings (SSSR count). The van der Waals surface area contributed by atoms with Crippen molar-refractivity contribution in [1.82, 2.24) is 9.55 Å². The number of hydrogen-bond acceptors (Lipinski definition) is 3. The molecule has 1 heterocycles. The molecule has 0 aliphatic heterocycles. The van der Waals surface area contributed by atoms with Crippen molar-refractivity contribution in [3.63, 3.8) is 0 Å². The Hall–Kier alpha value is -2.49. The lowest BCUT2D eigenvalue weighted by Gasteiger charge is -2.25. The molecule has 0 unspecified atom stereocenters. The van der Waals surface area contributed by atoms with Crippen LogP contribution in [0, 0.1) is 0 Å². The van der Waals surface area contributed by atoms with E-state index >= 15 is 0 Å². The van der Waals surface area contributed by atoms with Gasteiger partial charge in [-0.25, -0.2) is 4.98 Å². The number of para-hydroxylation sites is 2. The van der Waals surface area contributed by atoms with Crippen molar-refractivity contribution in [3.05, 3.63) is 54.4 Å². The summed E-state index contributed by atoms with van der Waals surface area (Å²) in [6.07, 6.45) is 3.82. The van der Waals surface area contributed by atoms with Gasteiger partial charge in [0.25, 0.3) is 0 Å². The molecule has 0 bridgehead atoms. The molecule has 1 aromatic heterocycles. The van der Waals surface area contributed by atoms with Gasteiger partial charge in [0.2, 0.25) is 0 Å². The molecule has 1 fully saturated rings. The molecule has 0 spiro atoms. The Kier molecular flexibility index (Phi) is 3.66. The second-order valence-corrected chi connectivity index (χ2v) is 6.16. The molecule has 0 radical (unpaired) electrons. The van der Waals surface area contributed by atoms with Gasteiger partial charge in [0.1, 0.15) is 18.2 Å². The lowest BCUT2D eigenvalue weighted by atomic mass is 9.85. The average molecular weight is 307 g/mol. The maximum absolute atomic E-state index is 5.87. The molecule has 23 heavy (non-hydrogen) atoms. The fourth-order valence-corrected chi connectivity index (χ4v) is 3.13. The van der Waals surface area contributed by atoms with Gasteiger partial charge in [0.15, 0.2) is 0 Å². The molecule has 1 aliphatic carbocycles. The van der Waals surface area contributed by atoms with Gasteiger partial charge >= 0.3 is 0 Å². The molecule has 0 saturated heterocycles. The average Bonchev–Trinajstić information content (AvgIpc) is 2.86. The number of rotatable bonds is 5. The predicted octanol–water partition coefficient (Wildman–Crippen LogP) is 3.97. The monoisotopic (exact) mass is 307 g/mol. The highest BCUT2D eigenvalue weighted by molar-refractivity contribution is 5.76. The summed E-state index contributed by atoms with van der Waals surface area (Å²) in [5, 5.41) is 0. The molecule has 0 amide bonds. The van der Waals surface area contributed by atoms with E-state index in [0.29, 0.717) is 12.5 Å². The minimum absolute atomic E-state index is 0.610. The van der Waals surface area contributed by atoms with E-state index in [1.54, 1.807) is 0 Å². The Morgan fingerprint density at radius 1 is 1.09 bits per heavy atom. The largest absolute Gasteiger partial charge is 0.492 e. The van der Waals surface area contributed by atoms with Crippen LogP contribution in [0.1, 0.15) is 31.0 Å². The first-order valence-corrected chi connectivity index (χ1v) is 8.25. The van der Waals surface area contributed by atoms with Crippen molar-refractivity contribution in [2.24, 2.45) is 0 Å². The maximum atomic E-state index is 5.87. The van der Waals surface area contributed by atoms with Crippen LogP contribution in [-0.4, -0.2) is 16.2 Å². The number of nitrogens with zero attached hydrogens (tertiary/aromatic N) is 2. The number of hydrogen-bond donors (Lipinski definition) is 1. The molecule has 2 aromatic carbocycles.